The Morgan fingerprint density at radius 3 is 2.15 bits per heavy atom. The fourth-order valence-electron chi connectivity index (χ4n) is 3.76. The van der Waals surface area contributed by atoms with E-state index < -0.39 is 0 Å². The van der Waals surface area contributed by atoms with Crippen LogP contribution in [0, 0.1) is 0 Å². The number of hydrogen-bond donors (Lipinski definition) is 1. The van der Waals surface area contributed by atoms with Crippen LogP contribution in [0.5, 0.6) is 0 Å². The highest BCUT2D eigenvalue weighted by atomic mass is 16.2. The minimum absolute atomic E-state index is 0.0299. The summed E-state index contributed by atoms with van der Waals surface area (Å²) in [5.74, 6) is 0.215. The maximum Gasteiger partial charge on any atom is 0.259 e. The van der Waals surface area contributed by atoms with Crippen LogP contribution in [0.1, 0.15) is 56.1 Å². The van der Waals surface area contributed by atoms with Crippen molar-refractivity contribution < 1.29 is 9.59 Å². The number of aromatic nitrogens is 3. The van der Waals surface area contributed by atoms with Gasteiger partial charge in [-0.15, -0.1) is 0 Å². The van der Waals surface area contributed by atoms with Crippen LogP contribution in [0.4, 0.5) is 0 Å². The summed E-state index contributed by atoms with van der Waals surface area (Å²) in [6, 6.07) is 12.3. The van der Waals surface area contributed by atoms with E-state index in [0.29, 0.717) is 17.9 Å². The number of aryl methyl sites for hydroxylation is 1. The first-order valence-electron chi connectivity index (χ1n) is 11.2. The second-order valence-corrected chi connectivity index (χ2v) is 10.2. The van der Waals surface area contributed by atoms with Crippen molar-refractivity contribution in [2.45, 2.75) is 45.4 Å². The van der Waals surface area contributed by atoms with Crippen LogP contribution < -0.4 is 5.32 Å². The molecule has 7 heteroatoms. The average Bonchev–Trinajstić information content (AvgIpc) is 3.40. The average molecular weight is 450 g/mol. The molecule has 0 saturated heterocycles. The number of rotatable bonds is 7. The van der Waals surface area contributed by atoms with Crippen LogP contribution >= 0.6 is 0 Å². The molecular formula is C26H35N5O2. The molecule has 2 aromatic heterocycles. The first-order valence-corrected chi connectivity index (χ1v) is 11.2. The van der Waals surface area contributed by atoms with Crippen molar-refractivity contribution >= 4 is 11.8 Å². The van der Waals surface area contributed by atoms with Crippen LogP contribution in [-0.4, -0.2) is 51.2 Å². The molecule has 0 bridgehead atoms. The molecule has 0 radical (unpaired) electrons. The van der Waals surface area contributed by atoms with E-state index in [4.69, 9.17) is 0 Å². The van der Waals surface area contributed by atoms with E-state index in [9.17, 15) is 9.59 Å². The van der Waals surface area contributed by atoms with E-state index in [-0.39, 0.29) is 29.2 Å². The molecule has 0 aliphatic rings. The van der Waals surface area contributed by atoms with E-state index in [1.54, 1.807) is 18.8 Å². The second-order valence-electron chi connectivity index (χ2n) is 10.2. The van der Waals surface area contributed by atoms with Crippen molar-refractivity contribution in [3.63, 3.8) is 0 Å². The Morgan fingerprint density at radius 1 is 1.00 bits per heavy atom. The topological polar surface area (TPSA) is 72.2 Å². The monoisotopic (exact) mass is 449 g/mol. The molecule has 2 heterocycles. The van der Waals surface area contributed by atoms with Gasteiger partial charge in [0.1, 0.15) is 11.4 Å². The number of likely N-dealkylation sites (N-methyl/N-ethyl adjacent to an activating group) is 1. The molecule has 176 valence electrons. The molecule has 0 aliphatic heterocycles. The van der Waals surface area contributed by atoms with Gasteiger partial charge in [-0.3, -0.25) is 14.3 Å². The van der Waals surface area contributed by atoms with Crippen LogP contribution in [-0.2, 0) is 22.7 Å². The lowest BCUT2D eigenvalue weighted by Gasteiger charge is -2.28. The summed E-state index contributed by atoms with van der Waals surface area (Å²) in [6.45, 7) is 11.2. The highest BCUT2D eigenvalue weighted by Crippen LogP contribution is 2.27. The maximum atomic E-state index is 13.0. The molecule has 7 nitrogen and oxygen atoms in total. The summed E-state index contributed by atoms with van der Waals surface area (Å²) in [4.78, 5) is 27.1. The van der Waals surface area contributed by atoms with Gasteiger partial charge >= 0.3 is 0 Å². The Kier molecular flexibility index (Phi) is 6.81. The van der Waals surface area contributed by atoms with Crippen LogP contribution in [0.3, 0.4) is 0 Å². The number of amides is 2. The Balaban J connectivity index is 1.61. The molecule has 2 amide bonds. The second kappa shape index (κ2) is 9.25. The molecule has 0 fully saturated rings. The van der Waals surface area contributed by atoms with Crippen molar-refractivity contribution in [1.82, 2.24) is 24.6 Å². The molecule has 0 saturated carbocycles. The van der Waals surface area contributed by atoms with Crippen molar-refractivity contribution in [1.29, 1.82) is 0 Å². The summed E-state index contributed by atoms with van der Waals surface area (Å²) in [5.41, 5.74) is 2.75. The third kappa shape index (κ3) is 5.53. The lowest BCUT2D eigenvalue weighted by Crippen LogP contribution is -2.43. The predicted molar refractivity (Wildman–Crippen MR) is 131 cm³/mol. The summed E-state index contributed by atoms with van der Waals surface area (Å²) in [6.07, 6.45) is 5.25. The zero-order valence-corrected chi connectivity index (χ0v) is 20.7. The predicted octanol–water partition coefficient (Wildman–Crippen LogP) is 3.67. The van der Waals surface area contributed by atoms with Gasteiger partial charge in [-0.2, -0.15) is 5.10 Å². The van der Waals surface area contributed by atoms with E-state index in [1.165, 1.54) is 16.7 Å². The molecule has 0 atom stereocenters. The number of carbonyl (C=O) groups excluding carboxylic acids is 2. The van der Waals surface area contributed by atoms with Crippen molar-refractivity contribution in [2.75, 3.05) is 20.1 Å². The lowest BCUT2D eigenvalue weighted by molar-refractivity contribution is -0.121. The first kappa shape index (κ1) is 24.3. The van der Waals surface area contributed by atoms with Gasteiger partial charge in [0, 0.05) is 38.4 Å². The first-order chi connectivity index (χ1) is 15.4. The Hall–Kier alpha value is -3.35. The third-order valence-corrected chi connectivity index (χ3v) is 5.97. The van der Waals surface area contributed by atoms with Gasteiger partial charge in [-0.1, -0.05) is 58.9 Å². The maximum absolute atomic E-state index is 13.0. The van der Waals surface area contributed by atoms with Gasteiger partial charge in [0.05, 0.1) is 12.7 Å². The standard InChI is InChI=1S/C26H35N5O2/c1-25(2,3)19-10-12-20(13-11-19)26(4,5)18-27-22(32)17-29(6)24(33)21-16-28-30(7)23(21)31-14-8-9-15-31/h8-16H,17-18H2,1-7H3,(H,27,32). The smallest absolute Gasteiger partial charge is 0.259 e. The minimum Gasteiger partial charge on any atom is -0.354 e. The van der Waals surface area contributed by atoms with Gasteiger partial charge in [0.25, 0.3) is 5.91 Å². The van der Waals surface area contributed by atoms with E-state index >= 15 is 0 Å². The molecule has 0 unspecified atom stereocenters. The third-order valence-electron chi connectivity index (χ3n) is 5.97. The number of nitrogens with zero attached hydrogens (tertiary/aromatic N) is 4. The molecule has 3 aromatic rings. The normalized spacial score (nSPS) is 12.0. The molecule has 33 heavy (non-hydrogen) atoms. The number of hydrogen-bond acceptors (Lipinski definition) is 3. The van der Waals surface area contributed by atoms with Gasteiger partial charge in [0.15, 0.2) is 0 Å². The van der Waals surface area contributed by atoms with Crippen LogP contribution in [0.25, 0.3) is 5.82 Å². The van der Waals surface area contributed by atoms with Crippen molar-refractivity contribution in [3.8, 4) is 5.82 Å². The van der Waals surface area contributed by atoms with E-state index in [0.717, 1.165) is 5.56 Å². The Bertz CT molecular complexity index is 1100. The van der Waals surface area contributed by atoms with Gasteiger partial charge in [-0.25, -0.2) is 0 Å². The highest BCUT2D eigenvalue weighted by molar-refractivity contribution is 5.98. The van der Waals surface area contributed by atoms with Crippen molar-refractivity contribution in [2.24, 2.45) is 7.05 Å². The summed E-state index contributed by atoms with van der Waals surface area (Å²) in [7, 11) is 3.42. The van der Waals surface area contributed by atoms with Crippen LogP contribution in [0.2, 0.25) is 0 Å². The number of benzene rings is 1. The molecule has 1 N–H and O–H groups in total. The zero-order chi connectivity index (χ0) is 24.4. The van der Waals surface area contributed by atoms with Crippen molar-refractivity contribution in [3.05, 3.63) is 71.7 Å². The van der Waals surface area contributed by atoms with Gasteiger partial charge < -0.3 is 14.8 Å². The molecule has 3 rings (SSSR count). The van der Waals surface area contributed by atoms with E-state index in [2.05, 4.69) is 69.3 Å². The Labute approximate surface area is 196 Å². The molecule has 0 spiro atoms. The molecule has 1 aromatic carbocycles. The SMILES string of the molecule is CN(CC(=O)NCC(C)(C)c1ccc(C(C)(C)C)cc1)C(=O)c1cnn(C)c1-n1cccc1. The number of nitrogens with one attached hydrogen (secondary N) is 1. The zero-order valence-electron chi connectivity index (χ0n) is 20.7. The van der Waals surface area contributed by atoms with Gasteiger partial charge in [-0.05, 0) is 28.7 Å². The fraction of sp³-hybridized carbons (Fsp3) is 0.423. The molecule has 0 aliphatic carbocycles. The minimum atomic E-state index is -0.251. The lowest BCUT2D eigenvalue weighted by atomic mass is 9.81. The molecular weight excluding hydrogens is 414 g/mol. The summed E-state index contributed by atoms with van der Waals surface area (Å²) in [5, 5.41) is 7.22. The Morgan fingerprint density at radius 2 is 1.58 bits per heavy atom. The largest absolute Gasteiger partial charge is 0.354 e. The number of carbonyl (C=O) groups is 2. The van der Waals surface area contributed by atoms with Gasteiger partial charge in [0.2, 0.25) is 5.91 Å². The quantitative estimate of drug-likeness (QED) is 0.598. The fourth-order valence-corrected chi connectivity index (χ4v) is 3.76. The highest BCUT2D eigenvalue weighted by Gasteiger charge is 2.25. The summed E-state index contributed by atoms with van der Waals surface area (Å²) >= 11 is 0. The summed E-state index contributed by atoms with van der Waals surface area (Å²) < 4.78 is 3.48. The van der Waals surface area contributed by atoms with Crippen LogP contribution in [0.15, 0.2) is 55.0 Å². The van der Waals surface area contributed by atoms with E-state index in [1.807, 2.05) is 29.1 Å².